The summed E-state index contributed by atoms with van der Waals surface area (Å²) in [5.74, 6) is -0.974. The molecule has 0 saturated carbocycles. The fraction of sp³-hybridized carbons (Fsp3) is 0.722. The Labute approximate surface area is 170 Å². The number of nitrogens with zero attached hydrogens (tertiary/aromatic N) is 2. The van der Waals surface area contributed by atoms with Gasteiger partial charge < -0.3 is 14.8 Å². The fourth-order valence-electron chi connectivity index (χ4n) is 4.10. The Morgan fingerprint density at radius 3 is 2.64 bits per heavy atom. The summed E-state index contributed by atoms with van der Waals surface area (Å²) in [5, 5.41) is 4.92. The van der Waals surface area contributed by atoms with Gasteiger partial charge >= 0.3 is 0 Å². The number of amides is 1. The molecule has 1 unspecified atom stereocenters. The van der Waals surface area contributed by atoms with E-state index in [1.54, 1.807) is 11.3 Å². The lowest BCUT2D eigenvalue weighted by molar-refractivity contribution is -0.179. The van der Waals surface area contributed by atoms with E-state index < -0.39 is 16.0 Å². The number of ether oxygens (including phenoxy) is 2. The lowest BCUT2D eigenvalue weighted by atomic mass is 9.99. The molecule has 1 N–H and O–H groups in total. The molecule has 1 amide bonds. The summed E-state index contributed by atoms with van der Waals surface area (Å²) in [6.45, 7) is 3.11. The average Bonchev–Trinajstić information content (AvgIpc) is 3.39. The Hall–Kier alpha value is -1.04. The summed E-state index contributed by atoms with van der Waals surface area (Å²) in [6.07, 6.45) is 2.50. The smallest absolute Gasteiger partial charge is 0.282 e. The molecular weight excluding hydrogens is 402 g/mol. The Kier molecular flexibility index (Phi) is 6.05. The average molecular weight is 430 g/mol. The number of nitrogens with one attached hydrogen (secondary N) is 1. The quantitative estimate of drug-likeness (QED) is 0.759. The van der Waals surface area contributed by atoms with Crippen LogP contribution >= 0.6 is 11.3 Å². The van der Waals surface area contributed by atoms with Gasteiger partial charge in [-0.3, -0.25) is 4.79 Å². The largest absolute Gasteiger partial charge is 0.351 e. The van der Waals surface area contributed by atoms with Crippen molar-refractivity contribution in [3.8, 4) is 0 Å². The second kappa shape index (κ2) is 8.37. The van der Waals surface area contributed by atoms with Crippen LogP contribution in [-0.2, 0) is 31.0 Å². The summed E-state index contributed by atoms with van der Waals surface area (Å²) in [7, 11) is -3.58. The van der Waals surface area contributed by atoms with Crippen molar-refractivity contribution in [2.75, 3.05) is 39.4 Å². The van der Waals surface area contributed by atoms with E-state index in [1.165, 1.54) is 8.61 Å². The molecule has 1 spiro atoms. The lowest BCUT2D eigenvalue weighted by Gasteiger charge is -2.40. The SMILES string of the molecule is O=C(NCc1cccs1)C1CCCN(S(=O)(=O)N2CCC3(CC2)OCCO3)C1. The molecule has 10 heteroatoms. The molecule has 0 aliphatic carbocycles. The molecule has 0 radical (unpaired) electrons. The van der Waals surface area contributed by atoms with Crippen molar-refractivity contribution >= 4 is 27.5 Å². The highest BCUT2D eigenvalue weighted by molar-refractivity contribution is 7.86. The summed E-state index contributed by atoms with van der Waals surface area (Å²) in [6, 6.07) is 3.93. The summed E-state index contributed by atoms with van der Waals surface area (Å²) in [4.78, 5) is 13.6. The third-order valence-corrected chi connectivity index (χ3v) is 8.60. The van der Waals surface area contributed by atoms with E-state index in [9.17, 15) is 13.2 Å². The zero-order valence-corrected chi connectivity index (χ0v) is 17.5. The van der Waals surface area contributed by atoms with Crippen LogP contribution in [0.4, 0.5) is 0 Å². The van der Waals surface area contributed by atoms with Gasteiger partial charge in [0, 0.05) is 43.9 Å². The van der Waals surface area contributed by atoms with Crippen molar-refractivity contribution in [2.45, 2.75) is 38.0 Å². The summed E-state index contributed by atoms with van der Waals surface area (Å²) in [5.41, 5.74) is 0. The third kappa shape index (κ3) is 4.27. The zero-order chi connectivity index (χ0) is 19.6. The monoisotopic (exact) mass is 429 g/mol. The molecule has 1 aromatic rings. The topological polar surface area (TPSA) is 88.2 Å². The number of carbonyl (C=O) groups excluding carboxylic acids is 1. The van der Waals surface area contributed by atoms with Crippen LogP contribution in [0.3, 0.4) is 0 Å². The summed E-state index contributed by atoms with van der Waals surface area (Å²) < 4.78 is 40.5. The Bertz CT molecular complexity index is 767. The number of piperidine rings is 2. The predicted molar refractivity (Wildman–Crippen MR) is 105 cm³/mol. The number of hydrogen-bond acceptors (Lipinski definition) is 6. The van der Waals surface area contributed by atoms with E-state index in [0.717, 1.165) is 4.88 Å². The fourth-order valence-corrected chi connectivity index (χ4v) is 6.45. The van der Waals surface area contributed by atoms with Crippen molar-refractivity contribution in [1.29, 1.82) is 0 Å². The minimum atomic E-state index is -3.58. The van der Waals surface area contributed by atoms with Crippen LogP contribution in [0.2, 0.25) is 0 Å². The normalized spacial score (nSPS) is 26.5. The van der Waals surface area contributed by atoms with Gasteiger partial charge in [-0.25, -0.2) is 0 Å². The zero-order valence-electron chi connectivity index (χ0n) is 15.8. The van der Waals surface area contributed by atoms with Gasteiger partial charge in [0.2, 0.25) is 5.91 Å². The minimum absolute atomic E-state index is 0.0707. The summed E-state index contributed by atoms with van der Waals surface area (Å²) >= 11 is 1.59. The van der Waals surface area contributed by atoms with Gasteiger partial charge in [-0.2, -0.15) is 17.0 Å². The first-order valence-corrected chi connectivity index (χ1v) is 12.1. The Morgan fingerprint density at radius 1 is 1.21 bits per heavy atom. The van der Waals surface area contributed by atoms with Gasteiger partial charge in [-0.1, -0.05) is 6.07 Å². The molecular formula is C18H27N3O5S2. The number of rotatable bonds is 5. The molecule has 0 bridgehead atoms. The van der Waals surface area contributed by atoms with Gasteiger partial charge in [0.1, 0.15) is 0 Å². The van der Waals surface area contributed by atoms with Crippen LogP contribution in [0, 0.1) is 5.92 Å². The first-order chi connectivity index (χ1) is 13.5. The maximum Gasteiger partial charge on any atom is 0.282 e. The van der Waals surface area contributed by atoms with Gasteiger partial charge in [-0.05, 0) is 24.3 Å². The predicted octanol–water partition coefficient (Wildman–Crippen LogP) is 1.16. The molecule has 28 heavy (non-hydrogen) atoms. The minimum Gasteiger partial charge on any atom is -0.351 e. The molecule has 1 atom stereocenters. The van der Waals surface area contributed by atoms with Crippen molar-refractivity contribution in [3.05, 3.63) is 22.4 Å². The van der Waals surface area contributed by atoms with E-state index in [2.05, 4.69) is 5.32 Å². The van der Waals surface area contributed by atoms with E-state index >= 15 is 0 Å². The first kappa shape index (κ1) is 20.2. The van der Waals surface area contributed by atoms with Crippen molar-refractivity contribution in [1.82, 2.24) is 13.9 Å². The standard InChI is InChI=1S/C18H27N3O5S2/c22-17(19-13-16-4-2-12-27-16)15-3-1-7-21(14-15)28(23,24)20-8-5-18(6-9-20)25-10-11-26-18/h2,4,12,15H,1,3,5-11,13-14H2,(H,19,22). The number of carbonyl (C=O) groups is 1. The van der Waals surface area contributed by atoms with E-state index in [0.29, 0.717) is 65.1 Å². The molecule has 1 aromatic heterocycles. The maximum absolute atomic E-state index is 13.1. The van der Waals surface area contributed by atoms with Crippen LogP contribution < -0.4 is 5.32 Å². The molecule has 3 aliphatic heterocycles. The molecule has 0 aromatic carbocycles. The molecule has 3 fully saturated rings. The van der Waals surface area contributed by atoms with Crippen LogP contribution in [0.5, 0.6) is 0 Å². The molecule has 3 saturated heterocycles. The molecule has 156 valence electrons. The van der Waals surface area contributed by atoms with Crippen LogP contribution in [-0.4, -0.2) is 68.1 Å². The van der Waals surface area contributed by atoms with Crippen molar-refractivity contribution in [3.63, 3.8) is 0 Å². The van der Waals surface area contributed by atoms with Crippen molar-refractivity contribution in [2.24, 2.45) is 5.92 Å². The highest BCUT2D eigenvalue weighted by Crippen LogP contribution is 2.33. The Morgan fingerprint density at radius 2 is 1.96 bits per heavy atom. The second-order valence-corrected chi connectivity index (χ2v) is 10.5. The van der Waals surface area contributed by atoms with Gasteiger partial charge in [-0.15, -0.1) is 11.3 Å². The van der Waals surface area contributed by atoms with Gasteiger partial charge in [0.05, 0.1) is 25.7 Å². The Balaban J connectivity index is 1.33. The van der Waals surface area contributed by atoms with E-state index in [4.69, 9.17) is 9.47 Å². The van der Waals surface area contributed by atoms with E-state index in [-0.39, 0.29) is 18.4 Å². The maximum atomic E-state index is 13.1. The molecule has 3 aliphatic rings. The number of thiophene rings is 1. The van der Waals surface area contributed by atoms with Crippen molar-refractivity contribution < 1.29 is 22.7 Å². The van der Waals surface area contributed by atoms with Gasteiger partial charge in [0.25, 0.3) is 10.2 Å². The van der Waals surface area contributed by atoms with Crippen LogP contribution in [0.15, 0.2) is 17.5 Å². The molecule has 4 heterocycles. The lowest BCUT2D eigenvalue weighted by Crippen LogP contribution is -2.54. The second-order valence-electron chi connectivity index (χ2n) is 7.51. The van der Waals surface area contributed by atoms with Gasteiger partial charge in [0.15, 0.2) is 5.79 Å². The first-order valence-electron chi connectivity index (χ1n) is 9.82. The van der Waals surface area contributed by atoms with E-state index in [1.807, 2.05) is 17.5 Å². The van der Waals surface area contributed by atoms with Crippen LogP contribution in [0.1, 0.15) is 30.6 Å². The highest BCUT2D eigenvalue weighted by Gasteiger charge is 2.44. The number of hydrogen-bond donors (Lipinski definition) is 1. The van der Waals surface area contributed by atoms with Crippen LogP contribution in [0.25, 0.3) is 0 Å². The molecule has 4 rings (SSSR count). The third-order valence-electron chi connectivity index (χ3n) is 5.72. The molecule has 8 nitrogen and oxygen atoms in total. The highest BCUT2D eigenvalue weighted by atomic mass is 32.2.